The lowest BCUT2D eigenvalue weighted by Gasteiger charge is -2.32. The molecule has 23 heavy (non-hydrogen) atoms. The molecule has 1 heterocycles. The van der Waals surface area contributed by atoms with Crippen LogP contribution in [0.1, 0.15) is 32.3 Å². The number of hydrogen-bond donors (Lipinski definition) is 1. The second-order valence-electron chi connectivity index (χ2n) is 6.24. The third-order valence-electron chi connectivity index (χ3n) is 3.75. The molecule has 0 aliphatic carbocycles. The predicted octanol–water partition coefficient (Wildman–Crippen LogP) is 3.38. The van der Waals surface area contributed by atoms with Crippen LogP contribution in [0.15, 0.2) is 18.2 Å². The molecule has 0 radical (unpaired) electrons. The third-order valence-corrected chi connectivity index (χ3v) is 4.06. The molecule has 1 aliphatic rings. The molecule has 0 spiro atoms. The van der Waals surface area contributed by atoms with Gasteiger partial charge in [0.15, 0.2) is 0 Å². The highest BCUT2D eigenvalue weighted by Gasteiger charge is 2.30. The number of piperidine rings is 1. The molecule has 1 aromatic carbocycles. The fourth-order valence-corrected chi connectivity index (χ4v) is 2.73. The average Bonchev–Trinajstić information content (AvgIpc) is 2.50. The van der Waals surface area contributed by atoms with Gasteiger partial charge >= 0.3 is 12.0 Å². The first-order valence-corrected chi connectivity index (χ1v) is 8.28. The Morgan fingerprint density at radius 1 is 1.39 bits per heavy atom. The summed E-state index contributed by atoms with van der Waals surface area (Å²) in [6.07, 6.45) is 1.50. The van der Waals surface area contributed by atoms with E-state index < -0.39 is 0 Å². The molecule has 1 fully saturated rings. The number of amides is 2. The summed E-state index contributed by atoms with van der Waals surface area (Å²) in [6.45, 7) is 6.77. The Hall–Kier alpha value is -1.75. The Balaban J connectivity index is 1.99. The zero-order valence-electron chi connectivity index (χ0n) is 13.8. The van der Waals surface area contributed by atoms with Gasteiger partial charge in [-0.15, -0.1) is 0 Å². The molecule has 1 saturated heterocycles. The first-order chi connectivity index (χ1) is 10.9. The van der Waals surface area contributed by atoms with Crippen molar-refractivity contribution in [2.24, 2.45) is 5.92 Å². The maximum absolute atomic E-state index is 12.4. The number of likely N-dealkylation sites (tertiary alicyclic amines) is 1. The molecular formula is C17H23ClN2O3. The number of benzene rings is 1. The van der Waals surface area contributed by atoms with Gasteiger partial charge in [0, 0.05) is 19.1 Å². The minimum absolute atomic E-state index is 0.0703. The van der Waals surface area contributed by atoms with Crippen molar-refractivity contribution in [1.82, 2.24) is 10.2 Å². The van der Waals surface area contributed by atoms with Crippen molar-refractivity contribution in [3.05, 3.63) is 28.8 Å². The van der Waals surface area contributed by atoms with Crippen LogP contribution in [0.2, 0.25) is 5.02 Å². The van der Waals surface area contributed by atoms with Crippen LogP contribution in [0.4, 0.5) is 4.79 Å². The second kappa shape index (κ2) is 7.68. The Bertz CT molecular complexity index is 589. The van der Waals surface area contributed by atoms with Crippen LogP contribution < -0.4 is 10.1 Å². The van der Waals surface area contributed by atoms with E-state index in [1.165, 1.54) is 0 Å². The lowest BCUT2D eigenvalue weighted by molar-refractivity contribution is -0.140. The molecule has 1 aromatic rings. The van der Waals surface area contributed by atoms with Gasteiger partial charge in [0.1, 0.15) is 5.75 Å². The summed E-state index contributed by atoms with van der Waals surface area (Å²) in [5.41, 5.74) is 0.971. The fraction of sp³-hybridized carbons (Fsp3) is 0.529. The number of rotatable bonds is 3. The Morgan fingerprint density at radius 3 is 2.83 bits per heavy atom. The summed E-state index contributed by atoms with van der Waals surface area (Å²) in [5.74, 6) is -0.279. The summed E-state index contributed by atoms with van der Waals surface area (Å²) in [4.78, 5) is 26.1. The summed E-state index contributed by atoms with van der Waals surface area (Å²) in [6, 6.07) is 5.25. The van der Waals surface area contributed by atoms with Crippen LogP contribution in [-0.4, -0.2) is 36.0 Å². The van der Waals surface area contributed by atoms with Gasteiger partial charge in [-0.3, -0.25) is 4.79 Å². The number of carbonyl (C=O) groups excluding carboxylic acids is 2. The molecule has 1 atom stereocenters. The number of ether oxygens (including phenoxy) is 1. The fourth-order valence-electron chi connectivity index (χ4n) is 2.57. The summed E-state index contributed by atoms with van der Waals surface area (Å²) < 4.78 is 5.45. The molecular weight excluding hydrogens is 316 g/mol. The van der Waals surface area contributed by atoms with E-state index in [-0.39, 0.29) is 24.0 Å². The zero-order chi connectivity index (χ0) is 17.0. The summed E-state index contributed by atoms with van der Waals surface area (Å²) in [5, 5.41) is 3.26. The molecule has 1 N–H and O–H groups in total. The lowest BCUT2D eigenvalue weighted by Crippen LogP contribution is -2.49. The molecule has 0 bridgehead atoms. The van der Waals surface area contributed by atoms with Gasteiger partial charge in [-0.2, -0.15) is 0 Å². The van der Waals surface area contributed by atoms with Gasteiger partial charge in [-0.25, -0.2) is 4.79 Å². The van der Waals surface area contributed by atoms with Crippen LogP contribution in [0.3, 0.4) is 0 Å². The minimum Gasteiger partial charge on any atom is -0.425 e. The summed E-state index contributed by atoms with van der Waals surface area (Å²) >= 11 is 6.06. The maximum atomic E-state index is 12.4. The SMILES string of the molecule is Cc1ccc(Cl)c(OC(=O)C2CCCN(C(=O)NC(C)C)C2)c1. The highest BCUT2D eigenvalue weighted by atomic mass is 35.5. The average molecular weight is 339 g/mol. The van der Waals surface area contributed by atoms with Crippen molar-refractivity contribution in [1.29, 1.82) is 0 Å². The number of urea groups is 1. The van der Waals surface area contributed by atoms with Crippen LogP contribution in [0, 0.1) is 12.8 Å². The van der Waals surface area contributed by atoms with Crippen molar-refractivity contribution in [3.8, 4) is 5.75 Å². The number of hydrogen-bond acceptors (Lipinski definition) is 3. The lowest BCUT2D eigenvalue weighted by atomic mass is 9.98. The predicted molar refractivity (Wildman–Crippen MR) is 89.8 cm³/mol. The molecule has 6 heteroatoms. The van der Waals surface area contributed by atoms with Gasteiger partial charge in [-0.1, -0.05) is 17.7 Å². The molecule has 2 amide bonds. The highest BCUT2D eigenvalue weighted by Crippen LogP contribution is 2.27. The largest absolute Gasteiger partial charge is 0.425 e. The molecule has 5 nitrogen and oxygen atoms in total. The Labute approximate surface area is 141 Å². The van der Waals surface area contributed by atoms with Gasteiger partial charge < -0.3 is 15.0 Å². The number of nitrogens with one attached hydrogen (secondary N) is 1. The van der Waals surface area contributed by atoms with E-state index in [0.29, 0.717) is 30.3 Å². The Morgan fingerprint density at radius 2 is 2.13 bits per heavy atom. The minimum atomic E-state index is -0.334. The van der Waals surface area contributed by atoms with E-state index >= 15 is 0 Å². The molecule has 2 rings (SSSR count). The highest BCUT2D eigenvalue weighted by molar-refractivity contribution is 6.32. The normalized spacial score (nSPS) is 18.0. The molecule has 0 aromatic heterocycles. The van der Waals surface area contributed by atoms with Gasteiger partial charge in [-0.05, 0) is 51.3 Å². The first kappa shape index (κ1) is 17.6. The van der Waals surface area contributed by atoms with Gasteiger partial charge in [0.05, 0.1) is 10.9 Å². The van der Waals surface area contributed by atoms with Crippen LogP contribution in [0.5, 0.6) is 5.75 Å². The third kappa shape index (κ3) is 4.86. The zero-order valence-corrected chi connectivity index (χ0v) is 14.5. The van der Waals surface area contributed by atoms with Crippen molar-refractivity contribution >= 4 is 23.6 Å². The monoisotopic (exact) mass is 338 g/mol. The van der Waals surface area contributed by atoms with E-state index in [9.17, 15) is 9.59 Å². The molecule has 1 unspecified atom stereocenters. The van der Waals surface area contributed by atoms with Crippen LogP contribution >= 0.6 is 11.6 Å². The van der Waals surface area contributed by atoms with E-state index in [4.69, 9.17) is 16.3 Å². The summed E-state index contributed by atoms with van der Waals surface area (Å²) in [7, 11) is 0. The van der Waals surface area contributed by atoms with Gasteiger partial charge in [0.2, 0.25) is 0 Å². The van der Waals surface area contributed by atoms with E-state index in [0.717, 1.165) is 12.0 Å². The smallest absolute Gasteiger partial charge is 0.317 e. The number of esters is 1. The quantitative estimate of drug-likeness (QED) is 0.679. The van der Waals surface area contributed by atoms with Crippen molar-refractivity contribution in [2.75, 3.05) is 13.1 Å². The molecule has 126 valence electrons. The number of halogens is 1. The van der Waals surface area contributed by atoms with Crippen LogP contribution in [-0.2, 0) is 4.79 Å². The molecule has 1 aliphatic heterocycles. The number of aryl methyl sites for hydroxylation is 1. The first-order valence-electron chi connectivity index (χ1n) is 7.90. The Kier molecular flexibility index (Phi) is 5.88. The second-order valence-corrected chi connectivity index (χ2v) is 6.65. The van der Waals surface area contributed by atoms with E-state index in [1.807, 2.05) is 26.8 Å². The maximum Gasteiger partial charge on any atom is 0.317 e. The van der Waals surface area contributed by atoms with Crippen molar-refractivity contribution in [3.63, 3.8) is 0 Å². The van der Waals surface area contributed by atoms with Crippen molar-refractivity contribution < 1.29 is 14.3 Å². The van der Waals surface area contributed by atoms with E-state index in [2.05, 4.69) is 5.32 Å². The number of carbonyl (C=O) groups is 2. The van der Waals surface area contributed by atoms with Gasteiger partial charge in [0.25, 0.3) is 0 Å². The van der Waals surface area contributed by atoms with E-state index in [1.54, 1.807) is 17.0 Å². The topological polar surface area (TPSA) is 58.6 Å². The number of nitrogens with zero attached hydrogens (tertiary/aromatic N) is 1. The standard InChI is InChI=1S/C17H23ClN2O3/c1-11(2)19-17(22)20-8-4-5-13(10-20)16(21)23-15-9-12(3)6-7-14(15)18/h6-7,9,11,13H,4-5,8,10H2,1-3H3,(H,19,22). The van der Waals surface area contributed by atoms with Crippen molar-refractivity contribution in [2.45, 2.75) is 39.7 Å². The molecule has 0 saturated carbocycles. The van der Waals surface area contributed by atoms with Crippen LogP contribution in [0.25, 0.3) is 0 Å².